The van der Waals surface area contributed by atoms with E-state index >= 15 is 0 Å². The molecule has 0 aromatic heterocycles. The third kappa shape index (κ3) is 21.4. The van der Waals surface area contributed by atoms with Crippen molar-refractivity contribution in [2.75, 3.05) is 13.2 Å². The predicted molar refractivity (Wildman–Crippen MR) is 389 cm³/mol. The topological polar surface area (TPSA) is 26.3 Å². The molecule has 12 rings (SSSR count). The van der Waals surface area contributed by atoms with Gasteiger partial charge in [-0.05, 0) is 140 Å². The number of aryl methyl sites for hydroxylation is 3. The third-order valence-corrected chi connectivity index (χ3v) is 23.6. The molecule has 1 heterocycles. The second-order valence-electron chi connectivity index (χ2n) is 21.2. The summed E-state index contributed by atoms with van der Waals surface area (Å²) in [4.78, 5) is 9.89. The van der Waals surface area contributed by atoms with Gasteiger partial charge in [-0.1, -0.05) is 290 Å². The molecule has 2 nitrogen and oxygen atoms in total. The van der Waals surface area contributed by atoms with E-state index in [1.54, 1.807) is 6.08 Å². The van der Waals surface area contributed by atoms with Crippen LogP contribution in [0, 0.1) is 20.8 Å². The molecule has 1 aliphatic heterocycles. The number of carbonyl (C=O) groups is 1. The van der Waals surface area contributed by atoms with Gasteiger partial charge in [0.05, 0.1) is 12.3 Å². The fourth-order valence-electron chi connectivity index (χ4n) is 10.3. The Morgan fingerprint density at radius 2 is 0.545 bits per heavy atom. The van der Waals surface area contributed by atoms with E-state index in [1.165, 1.54) is 89.7 Å². The molecule has 0 bridgehead atoms. The fraction of sp³-hybridized carbons (Fsp3) is 0.110. The van der Waals surface area contributed by atoms with Gasteiger partial charge in [0.25, 0.3) is 0 Å². The number of halogens is 1. The molecule has 1 aliphatic rings. The Balaban J connectivity index is 0.000000218. The normalized spacial score (nSPS) is 11.6. The van der Waals surface area contributed by atoms with Crippen molar-refractivity contribution in [1.82, 2.24) is 0 Å². The monoisotopic (exact) mass is 1260 g/mol. The van der Waals surface area contributed by atoms with Crippen LogP contribution in [0.4, 0.5) is 0 Å². The van der Waals surface area contributed by atoms with Gasteiger partial charge in [0, 0.05) is 13.2 Å². The first-order valence-electron chi connectivity index (χ1n) is 29.8. The number of aldehydes is 1. The Hall–Kier alpha value is -7.39. The van der Waals surface area contributed by atoms with Crippen LogP contribution < -0.4 is 61.4 Å². The summed E-state index contributed by atoms with van der Waals surface area (Å²) in [7, 11) is -3.58. The van der Waals surface area contributed by atoms with E-state index in [0.717, 1.165) is 37.4 Å². The smallest absolute Gasteiger partial charge is 1.00 e. The Kier molecular flexibility index (Phi) is 30.7. The van der Waals surface area contributed by atoms with Gasteiger partial charge in [0.1, 0.15) is 52.6 Å². The maximum absolute atomic E-state index is 9.89. The number of ether oxygens (including phenoxy) is 1. The molecule has 0 aliphatic carbocycles. The van der Waals surface area contributed by atoms with Crippen molar-refractivity contribution < 1.29 is 40.5 Å². The van der Waals surface area contributed by atoms with Crippen LogP contribution in [0.3, 0.4) is 0 Å². The largest absolute Gasteiger partial charge is 1.00 e. The summed E-state index contributed by atoms with van der Waals surface area (Å²) >= 11 is 0. The number of allylic oxidation sites excluding steroid dienone is 3. The van der Waals surface area contributed by atoms with Gasteiger partial charge >= 0.3 is 29.6 Å². The summed E-state index contributed by atoms with van der Waals surface area (Å²) in [5.41, 5.74) is 10.2. The first-order valence-corrected chi connectivity index (χ1v) is 33.7. The summed E-state index contributed by atoms with van der Waals surface area (Å²) in [5, 5.41) is 8.60. The zero-order chi connectivity index (χ0) is 59.8. The fourth-order valence-corrected chi connectivity index (χ4v) is 18.8. The maximum Gasteiger partial charge on any atom is 1.00 e. The summed E-state index contributed by atoms with van der Waals surface area (Å²) in [6.45, 7) is 8.40. The molecular formula is C82H82BrNaO2P2+2. The molecular weight excluding hydrogens is 1180 g/mol. The van der Waals surface area contributed by atoms with Gasteiger partial charge in [0.2, 0.25) is 0 Å². The number of carbonyl (C=O) groups excluding carboxylic acids is 1. The Morgan fingerprint density at radius 1 is 0.318 bits per heavy atom. The number of rotatable bonds is 15. The van der Waals surface area contributed by atoms with Crippen molar-refractivity contribution in [3.63, 3.8) is 0 Å². The van der Waals surface area contributed by atoms with E-state index in [0.29, 0.717) is 0 Å². The standard InChI is InChI=1S/2C26H24P.C17H16.C9H8O.C4H8O.BrH.Na.H/c2*1-22-17-19-23(20-18-22)21-27(24-11-5-2-6-12-24,25-13-7-3-8-14-25)26-15-9-4-10-16-26;1-15-11-13-17(14-12-15)10-6-5-9-16-7-3-2-4-8-16;10-8-4-7-9-5-2-1-3-6-9;1-2-4-5-3-1;;;/h2*2-20H,21H2,1H3;2-14H,1H3;1-8H;1-4H2;1H;;/q2*+1;;;;;+1;-1/b;;9-5+,10-6+;7-4+;;;;. The number of hydrogen-bond donors (Lipinski definition) is 0. The van der Waals surface area contributed by atoms with Crippen LogP contribution in [0.2, 0.25) is 0 Å². The first-order chi connectivity index (χ1) is 42.4. The van der Waals surface area contributed by atoms with Crippen molar-refractivity contribution in [1.29, 1.82) is 0 Å². The molecule has 88 heavy (non-hydrogen) atoms. The molecule has 6 heteroatoms. The van der Waals surface area contributed by atoms with E-state index in [9.17, 15) is 4.79 Å². The minimum absolute atomic E-state index is 0. The third-order valence-electron chi connectivity index (χ3n) is 14.8. The van der Waals surface area contributed by atoms with Gasteiger partial charge in [0.15, 0.2) is 0 Å². The van der Waals surface area contributed by atoms with Crippen molar-refractivity contribution in [2.24, 2.45) is 0 Å². The average Bonchev–Trinajstić information content (AvgIpc) is 1.10. The molecule has 0 radical (unpaired) electrons. The molecule has 0 amide bonds. The molecule has 0 N–H and O–H groups in total. The molecule has 11 aromatic rings. The SMILES string of the molecule is Br.C1CCOC1.Cc1ccc(/C=C/C=C/c2ccccc2)cc1.Cc1ccc(C[P+](c2ccccc2)(c2ccccc2)c2ccccc2)cc1.Cc1ccc(C[P+](c2ccccc2)(c2ccccc2)c2ccccc2)cc1.O=C/C=C/c1ccccc1.[H-].[Na+]. The van der Waals surface area contributed by atoms with Gasteiger partial charge in [-0.25, -0.2) is 0 Å². The van der Waals surface area contributed by atoms with Gasteiger partial charge in [-0.15, -0.1) is 17.0 Å². The van der Waals surface area contributed by atoms with E-state index in [1.807, 2.05) is 48.5 Å². The molecule has 0 atom stereocenters. The molecule has 1 saturated heterocycles. The molecule has 0 unspecified atom stereocenters. The van der Waals surface area contributed by atoms with Crippen molar-refractivity contribution in [2.45, 2.75) is 45.9 Å². The van der Waals surface area contributed by atoms with Crippen LogP contribution in [-0.2, 0) is 21.9 Å². The summed E-state index contributed by atoms with van der Waals surface area (Å²) < 4.78 is 4.94. The minimum Gasteiger partial charge on any atom is -1.00 e. The van der Waals surface area contributed by atoms with Gasteiger partial charge in [-0.3, -0.25) is 4.79 Å². The van der Waals surface area contributed by atoms with Crippen LogP contribution in [0.5, 0.6) is 0 Å². The Bertz CT molecular complexity index is 3350. The zero-order valence-corrected chi connectivity index (χ0v) is 56.9. The predicted octanol–water partition coefficient (Wildman–Crippen LogP) is 16.1. The quantitative estimate of drug-likeness (QED) is 0.0336. The molecule has 0 saturated carbocycles. The van der Waals surface area contributed by atoms with Crippen LogP contribution in [0.25, 0.3) is 18.2 Å². The molecule has 438 valence electrons. The van der Waals surface area contributed by atoms with Gasteiger partial charge < -0.3 is 6.16 Å². The second kappa shape index (κ2) is 38.8. The molecule has 11 aromatic carbocycles. The van der Waals surface area contributed by atoms with E-state index in [-0.39, 0.29) is 48.0 Å². The summed E-state index contributed by atoms with van der Waals surface area (Å²) in [5.74, 6) is 0. The second-order valence-corrected chi connectivity index (χ2v) is 28.2. The average molecular weight is 1260 g/mol. The number of benzene rings is 11. The van der Waals surface area contributed by atoms with Crippen LogP contribution in [0.15, 0.2) is 334 Å². The first kappa shape index (κ1) is 69.7. The maximum atomic E-state index is 9.89. The zero-order valence-electron chi connectivity index (χ0n) is 52.4. The van der Waals surface area contributed by atoms with Crippen molar-refractivity contribution in [3.8, 4) is 0 Å². The van der Waals surface area contributed by atoms with Crippen LogP contribution >= 0.6 is 31.5 Å². The van der Waals surface area contributed by atoms with Gasteiger partial charge in [-0.2, -0.15) is 0 Å². The van der Waals surface area contributed by atoms with Crippen LogP contribution in [0.1, 0.15) is 58.8 Å². The summed E-state index contributed by atoms with van der Waals surface area (Å²) in [6, 6.07) is 113. The minimum atomic E-state index is -1.79. The number of hydrogen-bond acceptors (Lipinski definition) is 2. The van der Waals surface area contributed by atoms with E-state index < -0.39 is 14.5 Å². The Labute approximate surface area is 561 Å². The van der Waals surface area contributed by atoms with E-state index in [2.05, 4.69) is 312 Å². The van der Waals surface area contributed by atoms with E-state index in [4.69, 9.17) is 4.74 Å². The van der Waals surface area contributed by atoms with Crippen molar-refractivity contribution in [3.05, 3.63) is 378 Å². The molecule has 0 spiro atoms. The van der Waals surface area contributed by atoms with Crippen LogP contribution in [-0.4, -0.2) is 19.5 Å². The summed E-state index contributed by atoms with van der Waals surface area (Å²) in [6.07, 6.45) is 17.0. The van der Waals surface area contributed by atoms with Crippen molar-refractivity contribution >= 4 is 87.8 Å². The Morgan fingerprint density at radius 3 is 0.784 bits per heavy atom. The molecule has 1 fully saturated rings.